The Kier molecular flexibility index (Phi) is 13.1. The highest BCUT2D eigenvalue weighted by molar-refractivity contribution is 6.42. The Labute approximate surface area is 382 Å². The number of anilines is 1. The summed E-state index contributed by atoms with van der Waals surface area (Å²) >= 11 is 12.2. The molecule has 6 aromatic rings. The Morgan fingerprint density at radius 1 is 0.875 bits per heavy atom. The van der Waals surface area contributed by atoms with Gasteiger partial charge >= 0.3 is 5.97 Å². The first-order valence-corrected chi connectivity index (χ1v) is 21.8. The first-order valence-electron chi connectivity index (χ1n) is 21.1. The highest BCUT2D eigenvalue weighted by atomic mass is 35.5. The van der Waals surface area contributed by atoms with Crippen molar-refractivity contribution in [2.45, 2.75) is 70.5 Å². The average molecular weight is 894 g/mol. The number of ether oxygens (including phenoxy) is 2. The van der Waals surface area contributed by atoms with E-state index in [-0.39, 0.29) is 24.9 Å². The van der Waals surface area contributed by atoms with E-state index in [0.717, 1.165) is 38.9 Å². The number of hydrogen-bond acceptors (Lipinski definition) is 7. The van der Waals surface area contributed by atoms with Crippen molar-refractivity contribution in [3.63, 3.8) is 0 Å². The molecule has 0 fully saturated rings. The van der Waals surface area contributed by atoms with Crippen LogP contribution in [0.4, 0.5) is 5.69 Å². The van der Waals surface area contributed by atoms with E-state index in [9.17, 15) is 19.5 Å². The van der Waals surface area contributed by atoms with Gasteiger partial charge in [0.05, 0.1) is 33.4 Å². The molecule has 1 unspecified atom stereocenters. The summed E-state index contributed by atoms with van der Waals surface area (Å²) < 4.78 is 12.5. The van der Waals surface area contributed by atoms with Gasteiger partial charge in [-0.3, -0.25) is 14.5 Å². The number of likely N-dealkylation sites (N-methyl/N-ethyl adjacent to an activating group) is 1. The second kappa shape index (κ2) is 19.0. The lowest BCUT2D eigenvalue weighted by Crippen LogP contribution is -2.54. The van der Waals surface area contributed by atoms with Crippen molar-refractivity contribution < 1.29 is 29.0 Å². The SMILES string of the molecule is CC(C)c1ccccc1CN1Cc2cc3c(cc2C[C@H]1C(=O)N[C@@H](Cc1ccc(-c2ccc(C#N)cc2)cc1)C(=O)O)N(C)C(=O)C(c1ccc(OCc2ccc(Cl)c(Cl)c2)cc1)O3. The topological polar surface area (TPSA) is 132 Å². The number of carboxylic acid groups (broad SMARTS) is 1. The zero-order chi connectivity index (χ0) is 45.1. The molecular weight excluding hydrogens is 847 g/mol. The Hall–Kier alpha value is -6.64. The predicted octanol–water partition coefficient (Wildman–Crippen LogP) is 10.1. The number of nitrogens with one attached hydrogen (secondary N) is 1. The maximum atomic E-state index is 14.4. The van der Waals surface area contributed by atoms with Crippen LogP contribution in [0, 0.1) is 11.3 Å². The number of nitrogens with zero attached hydrogens (tertiary/aromatic N) is 3. The molecule has 0 saturated heterocycles. The summed E-state index contributed by atoms with van der Waals surface area (Å²) in [7, 11) is 1.72. The van der Waals surface area contributed by atoms with Crippen LogP contribution in [0.5, 0.6) is 11.5 Å². The van der Waals surface area contributed by atoms with Gasteiger partial charge in [-0.25, -0.2) is 4.79 Å². The van der Waals surface area contributed by atoms with Crippen molar-refractivity contribution in [1.82, 2.24) is 10.2 Å². The Morgan fingerprint density at radius 3 is 2.23 bits per heavy atom. The van der Waals surface area contributed by atoms with E-state index in [0.29, 0.717) is 57.9 Å². The number of benzene rings is 6. The largest absolute Gasteiger partial charge is 0.489 e. The van der Waals surface area contributed by atoms with Crippen LogP contribution in [-0.2, 0) is 46.9 Å². The maximum Gasteiger partial charge on any atom is 0.326 e. The molecule has 0 aliphatic carbocycles. The number of carbonyl (C=O) groups excluding carboxylic acids is 2. The fourth-order valence-electron chi connectivity index (χ4n) is 8.39. The summed E-state index contributed by atoms with van der Waals surface area (Å²) in [6.45, 7) is 5.41. The van der Waals surface area contributed by atoms with Gasteiger partial charge in [0.15, 0.2) is 0 Å². The van der Waals surface area contributed by atoms with Crippen LogP contribution in [0.25, 0.3) is 11.1 Å². The third-order valence-electron chi connectivity index (χ3n) is 12.0. The molecule has 0 bridgehead atoms. The number of amides is 2. The zero-order valence-electron chi connectivity index (χ0n) is 35.6. The minimum absolute atomic E-state index is 0.0849. The molecule has 0 spiro atoms. The Bertz CT molecular complexity index is 2750. The van der Waals surface area contributed by atoms with E-state index in [1.54, 1.807) is 48.3 Å². The fourth-order valence-corrected chi connectivity index (χ4v) is 8.71. The van der Waals surface area contributed by atoms with Crippen molar-refractivity contribution in [2.75, 3.05) is 11.9 Å². The van der Waals surface area contributed by atoms with Crippen molar-refractivity contribution in [3.05, 3.63) is 182 Å². The first-order chi connectivity index (χ1) is 30.8. The Morgan fingerprint density at radius 2 is 1.56 bits per heavy atom. The molecule has 12 heteroatoms. The van der Waals surface area contributed by atoms with E-state index in [2.05, 4.69) is 42.3 Å². The number of carboxylic acids is 1. The molecule has 2 N–H and O–H groups in total. The molecule has 2 aliphatic heterocycles. The predicted molar refractivity (Wildman–Crippen MR) is 248 cm³/mol. The summed E-state index contributed by atoms with van der Waals surface area (Å²) in [6, 6.07) is 39.7. The van der Waals surface area contributed by atoms with Gasteiger partial charge in [-0.2, -0.15) is 5.26 Å². The number of rotatable bonds is 13. The number of nitriles is 1. The molecule has 0 aromatic heterocycles. The van der Waals surface area contributed by atoms with Crippen LogP contribution in [0.15, 0.2) is 127 Å². The highest BCUT2D eigenvalue weighted by Crippen LogP contribution is 2.42. The van der Waals surface area contributed by atoms with Gasteiger partial charge in [0, 0.05) is 32.1 Å². The summed E-state index contributed by atoms with van der Waals surface area (Å²) in [5.74, 6) is -0.367. The smallest absolute Gasteiger partial charge is 0.326 e. The van der Waals surface area contributed by atoms with E-state index in [4.69, 9.17) is 37.9 Å². The Balaban J connectivity index is 1.02. The van der Waals surface area contributed by atoms with Gasteiger partial charge in [-0.15, -0.1) is 0 Å². The van der Waals surface area contributed by atoms with Crippen LogP contribution in [-0.4, -0.2) is 46.9 Å². The van der Waals surface area contributed by atoms with Gasteiger partial charge < -0.3 is 24.8 Å². The van der Waals surface area contributed by atoms with Crippen molar-refractivity contribution in [2.24, 2.45) is 0 Å². The molecule has 2 heterocycles. The quantitative estimate of drug-likeness (QED) is 0.117. The first kappa shape index (κ1) is 44.0. The average Bonchev–Trinajstić information content (AvgIpc) is 3.30. The second-order valence-electron chi connectivity index (χ2n) is 16.6. The minimum Gasteiger partial charge on any atom is -0.489 e. The van der Waals surface area contributed by atoms with Crippen molar-refractivity contribution in [1.29, 1.82) is 5.26 Å². The lowest BCUT2D eigenvalue weighted by molar-refractivity contribution is -0.142. The second-order valence-corrected chi connectivity index (χ2v) is 17.4. The molecule has 0 radical (unpaired) electrons. The van der Waals surface area contributed by atoms with Gasteiger partial charge in [0.1, 0.15) is 24.1 Å². The van der Waals surface area contributed by atoms with E-state index in [1.165, 1.54) is 5.56 Å². The number of carbonyl (C=O) groups is 3. The molecule has 2 aliphatic rings. The standard InChI is InChI=1S/C52H46Cl2N4O6/c1-31(2)42-7-5-4-6-38(42)28-58-29-40-26-48-46(57(3)51(60)49(64-48)37-17-19-41(20-18-37)63-30-34-12-21-43(53)44(54)22-34)24-39(40)25-47(58)50(59)56-45(52(61)62)23-32-8-13-35(14-9-32)36-15-10-33(27-55)11-16-36/h4-22,24,26,31,45,47,49H,23,25,28-30H2,1-3H3,(H,56,59)(H,61,62)/t45-,47-,49?/m0/s1. The normalized spacial score (nSPS) is 16.3. The molecule has 2 amide bonds. The number of hydrogen-bond donors (Lipinski definition) is 2. The monoisotopic (exact) mass is 892 g/mol. The summed E-state index contributed by atoms with van der Waals surface area (Å²) in [6.07, 6.45) is -0.517. The van der Waals surface area contributed by atoms with E-state index >= 15 is 0 Å². The van der Waals surface area contributed by atoms with Crippen LogP contribution >= 0.6 is 23.2 Å². The fraction of sp³-hybridized carbons (Fsp3) is 0.231. The van der Waals surface area contributed by atoms with Gasteiger partial charge in [-0.05, 0) is 105 Å². The van der Waals surface area contributed by atoms with Crippen molar-refractivity contribution in [3.8, 4) is 28.7 Å². The molecule has 8 rings (SSSR count). The highest BCUT2D eigenvalue weighted by Gasteiger charge is 2.38. The lowest BCUT2D eigenvalue weighted by Gasteiger charge is -2.39. The van der Waals surface area contributed by atoms with Gasteiger partial charge in [0.2, 0.25) is 12.0 Å². The molecule has 0 saturated carbocycles. The number of aliphatic carboxylic acids is 1. The van der Waals surface area contributed by atoms with E-state index in [1.807, 2.05) is 78.9 Å². The van der Waals surface area contributed by atoms with Crippen LogP contribution in [0.1, 0.15) is 70.4 Å². The summed E-state index contributed by atoms with van der Waals surface area (Å²) in [5.41, 5.74) is 9.39. The van der Waals surface area contributed by atoms with Crippen LogP contribution in [0.3, 0.4) is 0 Å². The van der Waals surface area contributed by atoms with Gasteiger partial charge in [0.25, 0.3) is 5.91 Å². The summed E-state index contributed by atoms with van der Waals surface area (Å²) in [5, 5.41) is 23.4. The van der Waals surface area contributed by atoms with Crippen LogP contribution < -0.4 is 19.7 Å². The van der Waals surface area contributed by atoms with E-state index < -0.39 is 30.1 Å². The minimum atomic E-state index is -1.18. The third-order valence-corrected chi connectivity index (χ3v) is 12.7. The number of halogens is 2. The molecule has 324 valence electrons. The van der Waals surface area contributed by atoms with Gasteiger partial charge in [-0.1, -0.05) is 116 Å². The van der Waals surface area contributed by atoms with Crippen LogP contribution in [0.2, 0.25) is 10.0 Å². The third kappa shape index (κ3) is 9.63. The molecular formula is C52H46Cl2N4O6. The van der Waals surface area contributed by atoms with Crippen molar-refractivity contribution >= 4 is 46.7 Å². The summed E-state index contributed by atoms with van der Waals surface area (Å²) in [4.78, 5) is 44.7. The lowest BCUT2D eigenvalue weighted by atomic mass is 9.90. The molecule has 64 heavy (non-hydrogen) atoms. The molecule has 3 atom stereocenters. The zero-order valence-corrected chi connectivity index (χ0v) is 37.1. The number of fused-ring (bicyclic) bond motifs is 2. The molecule has 10 nitrogen and oxygen atoms in total. The maximum absolute atomic E-state index is 14.4. The molecule has 6 aromatic carbocycles.